The summed E-state index contributed by atoms with van der Waals surface area (Å²) in [5.41, 5.74) is 2.91. The topological polar surface area (TPSA) is 17.1 Å². The minimum atomic E-state index is 0.331. The molecule has 0 amide bonds. The van der Waals surface area contributed by atoms with Crippen molar-refractivity contribution in [3.63, 3.8) is 0 Å². The van der Waals surface area contributed by atoms with E-state index in [-0.39, 0.29) is 0 Å². The van der Waals surface area contributed by atoms with E-state index in [0.29, 0.717) is 11.7 Å². The Morgan fingerprint density at radius 3 is 2.65 bits per heavy atom. The summed E-state index contributed by atoms with van der Waals surface area (Å²) in [5, 5.41) is 0. The fourth-order valence-corrected chi connectivity index (χ4v) is 2.27. The van der Waals surface area contributed by atoms with E-state index in [1.807, 2.05) is 0 Å². The Morgan fingerprint density at radius 2 is 2.06 bits per heavy atom. The molecule has 17 heavy (non-hydrogen) atoms. The van der Waals surface area contributed by atoms with Gasteiger partial charge in [-0.15, -0.1) is 0 Å². The van der Waals surface area contributed by atoms with Crippen LogP contribution in [0.3, 0.4) is 0 Å². The highest BCUT2D eigenvalue weighted by Crippen LogP contribution is 2.25. The summed E-state index contributed by atoms with van der Waals surface area (Å²) in [4.78, 5) is 11.5. The zero-order valence-corrected chi connectivity index (χ0v) is 11.6. The van der Waals surface area contributed by atoms with Crippen molar-refractivity contribution in [3.05, 3.63) is 23.3 Å². The molecule has 1 unspecified atom stereocenters. The van der Waals surface area contributed by atoms with Crippen LogP contribution >= 0.6 is 0 Å². The lowest BCUT2D eigenvalue weighted by Crippen LogP contribution is -2.04. The third kappa shape index (κ3) is 5.34. The molecule has 1 aliphatic rings. The Morgan fingerprint density at radius 1 is 1.29 bits per heavy atom. The van der Waals surface area contributed by atoms with Crippen LogP contribution in [-0.4, -0.2) is 5.78 Å². The molecule has 1 saturated carbocycles. The van der Waals surface area contributed by atoms with E-state index in [0.717, 1.165) is 44.9 Å². The third-order valence-corrected chi connectivity index (χ3v) is 3.77. The van der Waals surface area contributed by atoms with Crippen molar-refractivity contribution in [1.82, 2.24) is 0 Å². The van der Waals surface area contributed by atoms with Crippen molar-refractivity contribution in [1.29, 1.82) is 0 Å². The smallest absolute Gasteiger partial charge is 0.136 e. The van der Waals surface area contributed by atoms with Crippen LogP contribution in [0.2, 0.25) is 0 Å². The van der Waals surface area contributed by atoms with E-state index in [2.05, 4.69) is 32.9 Å². The largest absolute Gasteiger partial charge is 0.299 e. The zero-order valence-electron chi connectivity index (χ0n) is 11.6. The van der Waals surface area contributed by atoms with E-state index < -0.39 is 0 Å². The number of carbonyl (C=O) groups excluding carboxylic acids is 1. The van der Waals surface area contributed by atoms with Gasteiger partial charge in [0.1, 0.15) is 5.78 Å². The molecule has 0 radical (unpaired) electrons. The monoisotopic (exact) mass is 234 g/mol. The predicted octanol–water partition coefficient (Wildman–Crippen LogP) is 4.83. The van der Waals surface area contributed by atoms with Crippen LogP contribution in [0.15, 0.2) is 23.3 Å². The molecule has 0 aromatic rings. The SMILES string of the molecule is CC/C(C)=C/CC/C(C)=C/CC1CCCC1=O. The lowest BCUT2D eigenvalue weighted by Gasteiger charge is -2.05. The predicted molar refractivity (Wildman–Crippen MR) is 74.0 cm³/mol. The van der Waals surface area contributed by atoms with Crippen molar-refractivity contribution in [2.24, 2.45) is 5.92 Å². The number of Topliss-reactive ketones (excluding diaryl/α,β-unsaturated/α-hetero) is 1. The first kappa shape index (κ1) is 14.2. The zero-order chi connectivity index (χ0) is 12.7. The van der Waals surface area contributed by atoms with Gasteiger partial charge >= 0.3 is 0 Å². The summed E-state index contributed by atoms with van der Waals surface area (Å²) in [6.45, 7) is 6.57. The second-order valence-corrected chi connectivity index (χ2v) is 5.28. The van der Waals surface area contributed by atoms with Gasteiger partial charge in [-0.3, -0.25) is 4.79 Å². The van der Waals surface area contributed by atoms with Crippen LogP contribution in [0.1, 0.15) is 65.7 Å². The van der Waals surface area contributed by atoms with Crippen molar-refractivity contribution in [2.45, 2.75) is 65.7 Å². The average molecular weight is 234 g/mol. The molecule has 0 N–H and O–H groups in total. The molecule has 0 aromatic heterocycles. The van der Waals surface area contributed by atoms with Gasteiger partial charge in [0.2, 0.25) is 0 Å². The maximum Gasteiger partial charge on any atom is 0.136 e. The quantitative estimate of drug-likeness (QED) is 0.602. The molecule has 0 saturated heterocycles. The summed E-state index contributed by atoms with van der Waals surface area (Å²) >= 11 is 0. The minimum Gasteiger partial charge on any atom is -0.299 e. The molecule has 1 fully saturated rings. The lowest BCUT2D eigenvalue weighted by molar-refractivity contribution is -0.120. The van der Waals surface area contributed by atoms with E-state index in [1.54, 1.807) is 0 Å². The Bertz CT molecular complexity index is 309. The summed E-state index contributed by atoms with van der Waals surface area (Å²) < 4.78 is 0. The number of allylic oxidation sites excluding steroid dienone is 4. The van der Waals surface area contributed by atoms with Crippen molar-refractivity contribution in [3.8, 4) is 0 Å². The van der Waals surface area contributed by atoms with Crippen molar-refractivity contribution < 1.29 is 4.79 Å². The molecule has 0 aliphatic heterocycles. The first-order valence-corrected chi connectivity index (χ1v) is 6.97. The summed E-state index contributed by atoms with van der Waals surface area (Å²) in [6, 6.07) is 0. The van der Waals surface area contributed by atoms with Gasteiger partial charge in [-0.1, -0.05) is 30.2 Å². The van der Waals surface area contributed by atoms with Gasteiger partial charge in [0, 0.05) is 12.3 Å². The van der Waals surface area contributed by atoms with Crippen molar-refractivity contribution in [2.75, 3.05) is 0 Å². The molecule has 0 spiro atoms. The Balaban J connectivity index is 2.27. The third-order valence-electron chi connectivity index (χ3n) is 3.77. The van der Waals surface area contributed by atoms with Gasteiger partial charge in [0.25, 0.3) is 0 Å². The molecular weight excluding hydrogens is 208 g/mol. The highest BCUT2D eigenvalue weighted by molar-refractivity contribution is 5.82. The Hall–Kier alpha value is -0.850. The van der Waals surface area contributed by atoms with Gasteiger partial charge in [0.15, 0.2) is 0 Å². The number of ketones is 1. The second kappa shape index (κ2) is 7.47. The van der Waals surface area contributed by atoms with Gasteiger partial charge in [-0.05, 0) is 52.4 Å². The van der Waals surface area contributed by atoms with E-state index in [1.165, 1.54) is 11.1 Å². The summed E-state index contributed by atoms with van der Waals surface area (Å²) in [7, 11) is 0. The van der Waals surface area contributed by atoms with Crippen LogP contribution in [0.25, 0.3) is 0 Å². The average Bonchev–Trinajstić information content (AvgIpc) is 2.72. The highest BCUT2D eigenvalue weighted by atomic mass is 16.1. The molecule has 1 heteroatoms. The molecule has 96 valence electrons. The maximum absolute atomic E-state index is 11.5. The highest BCUT2D eigenvalue weighted by Gasteiger charge is 2.22. The summed E-state index contributed by atoms with van der Waals surface area (Å²) in [5.74, 6) is 0.814. The Kier molecular flexibility index (Phi) is 6.25. The maximum atomic E-state index is 11.5. The number of carbonyl (C=O) groups is 1. The lowest BCUT2D eigenvalue weighted by atomic mass is 10.00. The number of hydrogen-bond acceptors (Lipinski definition) is 1. The van der Waals surface area contributed by atoms with Crippen LogP contribution in [-0.2, 0) is 4.79 Å². The first-order valence-electron chi connectivity index (χ1n) is 6.97. The van der Waals surface area contributed by atoms with Crippen LogP contribution in [0.4, 0.5) is 0 Å². The number of hydrogen-bond donors (Lipinski definition) is 0. The fraction of sp³-hybridized carbons (Fsp3) is 0.688. The molecule has 0 bridgehead atoms. The molecule has 0 aromatic carbocycles. The molecule has 1 atom stereocenters. The van der Waals surface area contributed by atoms with Gasteiger partial charge < -0.3 is 0 Å². The van der Waals surface area contributed by atoms with Crippen LogP contribution in [0, 0.1) is 5.92 Å². The van der Waals surface area contributed by atoms with Crippen LogP contribution < -0.4 is 0 Å². The first-order chi connectivity index (χ1) is 8.13. The van der Waals surface area contributed by atoms with Gasteiger partial charge in [-0.2, -0.15) is 0 Å². The second-order valence-electron chi connectivity index (χ2n) is 5.28. The van der Waals surface area contributed by atoms with E-state index in [4.69, 9.17) is 0 Å². The summed E-state index contributed by atoms with van der Waals surface area (Å²) in [6.07, 6.45) is 12.0. The standard InChI is InChI=1S/C16H26O/c1-4-13(2)7-5-8-14(3)11-12-15-9-6-10-16(15)17/h7,11,15H,4-6,8-10,12H2,1-3H3/b13-7+,14-11+. The molecular formula is C16H26O. The minimum absolute atomic E-state index is 0.331. The normalized spacial score (nSPS) is 22.3. The molecule has 0 heterocycles. The van der Waals surface area contributed by atoms with E-state index >= 15 is 0 Å². The molecule has 1 nitrogen and oxygen atoms in total. The van der Waals surface area contributed by atoms with Crippen LogP contribution in [0.5, 0.6) is 0 Å². The van der Waals surface area contributed by atoms with Crippen molar-refractivity contribution >= 4 is 5.78 Å². The number of rotatable bonds is 6. The molecule has 1 aliphatic carbocycles. The molecule has 1 rings (SSSR count). The van der Waals surface area contributed by atoms with Gasteiger partial charge in [0.05, 0.1) is 0 Å². The van der Waals surface area contributed by atoms with Gasteiger partial charge in [-0.25, -0.2) is 0 Å². The fourth-order valence-electron chi connectivity index (χ4n) is 2.27. The Labute approximate surface area is 106 Å². The van der Waals surface area contributed by atoms with E-state index in [9.17, 15) is 4.79 Å².